The van der Waals surface area contributed by atoms with Gasteiger partial charge in [-0.15, -0.1) is 0 Å². The molecule has 94 valence electrons. The lowest BCUT2D eigenvalue weighted by Gasteiger charge is -2.06. The molecule has 2 rings (SSSR count). The molecule has 0 spiro atoms. The molecule has 0 aliphatic heterocycles. The molecule has 0 radical (unpaired) electrons. The first kappa shape index (κ1) is 13.0. The molecule has 19 heavy (non-hydrogen) atoms. The molecule has 0 saturated carbocycles. The van der Waals surface area contributed by atoms with Gasteiger partial charge in [0.05, 0.1) is 16.2 Å². The predicted octanol–water partition coefficient (Wildman–Crippen LogP) is 3.49. The van der Waals surface area contributed by atoms with Crippen LogP contribution in [0.4, 0.5) is 5.69 Å². The number of pyridine rings is 1. The van der Waals surface area contributed by atoms with Crippen LogP contribution in [0.2, 0.25) is 5.15 Å². The number of nitriles is 1. The zero-order valence-corrected chi connectivity index (χ0v) is 10.7. The minimum absolute atomic E-state index is 0.0146. The first-order valence-electron chi connectivity index (χ1n) is 5.35. The maximum absolute atomic E-state index is 10.8. The molecule has 0 bridgehead atoms. The van der Waals surface area contributed by atoms with Crippen LogP contribution in [0.25, 0.3) is 11.3 Å². The van der Waals surface area contributed by atoms with Crippen molar-refractivity contribution in [3.05, 3.63) is 56.7 Å². The van der Waals surface area contributed by atoms with Gasteiger partial charge in [0, 0.05) is 17.7 Å². The normalized spacial score (nSPS) is 9.95. The molecule has 1 aromatic heterocycles. The van der Waals surface area contributed by atoms with Gasteiger partial charge in [-0.3, -0.25) is 10.1 Å². The third-order valence-electron chi connectivity index (χ3n) is 2.62. The molecular formula is C13H8ClN3O2. The highest BCUT2D eigenvalue weighted by molar-refractivity contribution is 6.30. The van der Waals surface area contributed by atoms with Crippen LogP contribution in [0.3, 0.4) is 0 Å². The van der Waals surface area contributed by atoms with Gasteiger partial charge in [0.1, 0.15) is 11.2 Å². The second-order valence-electron chi connectivity index (χ2n) is 3.91. The molecule has 0 aliphatic rings. The number of nitro groups is 1. The zero-order valence-electron chi connectivity index (χ0n) is 9.92. The Labute approximate surface area is 114 Å². The number of nitro benzene ring substituents is 1. The van der Waals surface area contributed by atoms with Crippen LogP contribution in [0.15, 0.2) is 30.3 Å². The van der Waals surface area contributed by atoms with Crippen LogP contribution in [0, 0.1) is 28.4 Å². The monoisotopic (exact) mass is 273 g/mol. The van der Waals surface area contributed by atoms with Crippen molar-refractivity contribution in [1.29, 1.82) is 5.26 Å². The predicted molar refractivity (Wildman–Crippen MR) is 70.8 cm³/mol. The number of benzene rings is 1. The number of non-ortho nitro benzene ring substituents is 1. The van der Waals surface area contributed by atoms with Gasteiger partial charge in [-0.1, -0.05) is 23.7 Å². The average molecular weight is 274 g/mol. The van der Waals surface area contributed by atoms with Gasteiger partial charge in [-0.25, -0.2) is 4.98 Å². The summed E-state index contributed by atoms with van der Waals surface area (Å²) < 4.78 is 0. The van der Waals surface area contributed by atoms with Gasteiger partial charge >= 0.3 is 0 Å². The highest BCUT2D eigenvalue weighted by Crippen LogP contribution is 2.27. The van der Waals surface area contributed by atoms with Crippen molar-refractivity contribution in [2.75, 3.05) is 0 Å². The lowest BCUT2D eigenvalue weighted by atomic mass is 10.0. The Hall–Kier alpha value is -2.45. The fraction of sp³-hybridized carbons (Fsp3) is 0.0769. The van der Waals surface area contributed by atoms with Crippen LogP contribution >= 0.6 is 11.6 Å². The average Bonchev–Trinajstić information content (AvgIpc) is 2.41. The molecule has 0 amide bonds. The molecule has 0 unspecified atom stereocenters. The fourth-order valence-electron chi connectivity index (χ4n) is 1.73. The standard InChI is InChI=1S/C13H8ClN3O2/c1-8-5-10(7-15)13(14)16-12(8)9-3-2-4-11(6-9)17(18)19/h2-6H,1H3. The van der Waals surface area contributed by atoms with Crippen molar-refractivity contribution in [3.63, 3.8) is 0 Å². The third kappa shape index (κ3) is 2.54. The molecule has 1 aromatic carbocycles. The highest BCUT2D eigenvalue weighted by Gasteiger charge is 2.12. The fourth-order valence-corrected chi connectivity index (χ4v) is 1.91. The first-order chi connectivity index (χ1) is 9.02. The number of nitrogens with zero attached hydrogens (tertiary/aromatic N) is 3. The summed E-state index contributed by atoms with van der Waals surface area (Å²) in [5, 5.41) is 19.7. The SMILES string of the molecule is Cc1cc(C#N)c(Cl)nc1-c1cccc([N+](=O)[O-])c1. The van der Waals surface area contributed by atoms with Crippen LogP contribution in [0.1, 0.15) is 11.1 Å². The summed E-state index contributed by atoms with van der Waals surface area (Å²) >= 11 is 5.89. The number of rotatable bonds is 2. The molecule has 6 heteroatoms. The van der Waals surface area contributed by atoms with Gasteiger partial charge in [-0.05, 0) is 18.6 Å². The third-order valence-corrected chi connectivity index (χ3v) is 2.91. The van der Waals surface area contributed by atoms with Gasteiger partial charge in [0.15, 0.2) is 0 Å². The second-order valence-corrected chi connectivity index (χ2v) is 4.27. The highest BCUT2D eigenvalue weighted by atomic mass is 35.5. The number of hydrogen-bond donors (Lipinski definition) is 0. The van der Waals surface area contributed by atoms with E-state index < -0.39 is 4.92 Å². The van der Waals surface area contributed by atoms with E-state index in [1.54, 1.807) is 25.1 Å². The molecular weight excluding hydrogens is 266 g/mol. The van der Waals surface area contributed by atoms with Gasteiger partial charge in [-0.2, -0.15) is 5.26 Å². The summed E-state index contributed by atoms with van der Waals surface area (Å²) in [5.74, 6) is 0. The van der Waals surface area contributed by atoms with Crippen molar-refractivity contribution in [1.82, 2.24) is 4.98 Å². The Balaban J connectivity index is 2.60. The zero-order chi connectivity index (χ0) is 14.0. The van der Waals surface area contributed by atoms with Crippen molar-refractivity contribution in [3.8, 4) is 17.3 Å². The Morgan fingerprint density at radius 3 is 2.79 bits per heavy atom. The molecule has 0 fully saturated rings. The summed E-state index contributed by atoms with van der Waals surface area (Å²) in [6.45, 7) is 1.78. The first-order valence-corrected chi connectivity index (χ1v) is 5.73. The number of aryl methyl sites for hydroxylation is 1. The quantitative estimate of drug-likeness (QED) is 0.476. The van der Waals surface area contributed by atoms with E-state index in [0.717, 1.165) is 5.56 Å². The Morgan fingerprint density at radius 2 is 2.16 bits per heavy atom. The number of halogens is 1. The van der Waals surface area contributed by atoms with Gasteiger partial charge in [0.25, 0.3) is 5.69 Å². The maximum Gasteiger partial charge on any atom is 0.270 e. The number of hydrogen-bond acceptors (Lipinski definition) is 4. The lowest BCUT2D eigenvalue weighted by Crippen LogP contribution is -1.94. The molecule has 1 heterocycles. The second kappa shape index (κ2) is 5.04. The van der Waals surface area contributed by atoms with E-state index in [0.29, 0.717) is 11.3 Å². The van der Waals surface area contributed by atoms with E-state index in [4.69, 9.17) is 16.9 Å². The Bertz CT molecular complexity index is 708. The largest absolute Gasteiger partial charge is 0.270 e. The van der Waals surface area contributed by atoms with E-state index in [1.807, 2.05) is 6.07 Å². The van der Waals surface area contributed by atoms with Gasteiger partial charge in [0.2, 0.25) is 0 Å². The summed E-state index contributed by atoms with van der Waals surface area (Å²) in [7, 11) is 0. The molecule has 0 saturated heterocycles. The Kier molecular flexibility index (Phi) is 3.45. The maximum atomic E-state index is 10.8. The summed E-state index contributed by atoms with van der Waals surface area (Å²) in [5.41, 5.74) is 2.14. The van der Waals surface area contributed by atoms with E-state index in [9.17, 15) is 10.1 Å². The minimum atomic E-state index is -0.468. The van der Waals surface area contributed by atoms with Crippen LogP contribution < -0.4 is 0 Å². The van der Waals surface area contributed by atoms with Gasteiger partial charge < -0.3 is 0 Å². The molecule has 0 N–H and O–H groups in total. The molecule has 0 atom stereocenters. The lowest BCUT2D eigenvalue weighted by molar-refractivity contribution is -0.384. The van der Waals surface area contributed by atoms with Crippen molar-refractivity contribution < 1.29 is 4.92 Å². The van der Waals surface area contributed by atoms with Crippen molar-refractivity contribution in [2.24, 2.45) is 0 Å². The van der Waals surface area contributed by atoms with E-state index in [-0.39, 0.29) is 16.4 Å². The van der Waals surface area contributed by atoms with Crippen LogP contribution in [0.5, 0.6) is 0 Å². The van der Waals surface area contributed by atoms with E-state index >= 15 is 0 Å². The minimum Gasteiger partial charge on any atom is -0.258 e. The summed E-state index contributed by atoms with van der Waals surface area (Å²) in [6.07, 6.45) is 0. The Morgan fingerprint density at radius 1 is 1.42 bits per heavy atom. The molecule has 2 aromatic rings. The summed E-state index contributed by atoms with van der Waals surface area (Å²) in [6, 6.07) is 9.69. The van der Waals surface area contributed by atoms with Crippen molar-refractivity contribution in [2.45, 2.75) is 6.92 Å². The van der Waals surface area contributed by atoms with Crippen molar-refractivity contribution >= 4 is 17.3 Å². The van der Waals surface area contributed by atoms with E-state index in [2.05, 4.69) is 4.98 Å². The number of aromatic nitrogens is 1. The molecule has 5 nitrogen and oxygen atoms in total. The molecule has 0 aliphatic carbocycles. The smallest absolute Gasteiger partial charge is 0.258 e. The summed E-state index contributed by atoms with van der Waals surface area (Å²) in [4.78, 5) is 14.4. The van der Waals surface area contributed by atoms with E-state index in [1.165, 1.54) is 12.1 Å². The topological polar surface area (TPSA) is 79.8 Å². The van der Waals surface area contributed by atoms with Crippen LogP contribution in [-0.2, 0) is 0 Å². The van der Waals surface area contributed by atoms with Crippen LogP contribution in [-0.4, -0.2) is 9.91 Å².